The number of rotatable bonds is 9. The van der Waals surface area contributed by atoms with Crippen molar-refractivity contribution in [2.75, 3.05) is 39.9 Å². The number of ether oxygens (including phenoxy) is 4. The minimum Gasteiger partial charge on any atom is -0.493 e. The van der Waals surface area contributed by atoms with E-state index < -0.39 is 0 Å². The molecule has 2 heterocycles. The Labute approximate surface area is 217 Å². The fourth-order valence-electron chi connectivity index (χ4n) is 3.61. The lowest BCUT2D eigenvalue weighted by molar-refractivity contribution is 0.355. The number of hydrogen-bond acceptors (Lipinski definition) is 10. The van der Waals surface area contributed by atoms with E-state index >= 15 is 0 Å². The van der Waals surface area contributed by atoms with Crippen LogP contribution in [0.25, 0.3) is 22.5 Å². The number of hydrogen-bond donors (Lipinski definition) is 2. The van der Waals surface area contributed by atoms with Crippen molar-refractivity contribution in [1.82, 2.24) is 19.1 Å². The van der Waals surface area contributed by atoms with Crippen LogP contribution >= 0.6 is 21.6 Å². The number of benzene rings is 2. The van der Waals surface area contributed by atoms with E-state index in [0.29, 0.717) is 34.9 Å². The van der Waals surface area contributed by atoms with Crippen molar-refractivity contribution in [3.63, 3.8) is 0 Å². The third kappa shape index (κ3) is 4.61. The molecule has 4 N–H and O–H groups in total. The molecule has 2 aromatic heterocycles. The highest BCUT2D eigenvalue weighted by atomic mass is 33.1. The molecule has 12 heteroatoms. The zero-order valence-electron chi connectivity index (χ0n) is 20.9. The molecular weight excluding hydrogens is 500 g/mol. The molecule has 4 aromatic rings. The Balaban J connectivity index is 1.71. The van der Waals surface area contributed by atoms with Gasteiger partial charge in [-0.25, -0.2) is 9.97 Å². The zero-order chi connectivity index (χ0) is 26.0. The van der Waals surface area contributed by atoms with Crippen molar-refractivity contribution < 1.29 is 18.9 Å². The van der Waals surface area contributed by atoms with Gasteiger partial charge in [-0.15, -0.1) is 0 Å². The van der Waals surface area contributed by atoms with E-state index in [2.05, 4.69) is 9.97 Å². The molecule has 0 aliphatic rings. The molecule has 4 rings (SSSR count). The summed E-state index contributed by atoms with van der Waals surface area (Å²) in [5.41, 5.74) is 15.6. The Morgan fingerprint density at radius 1 is 0.611 bits per heavy atom. The largest absolute Gasteiger partial charge is 0.493 e. The third-order valence-corrected chi connectivity index (χ3v) is 8.20. The summed E-state index contributed by atoms with van der Waals surface area (Å²) >= 11 is 0. The van der Waals surface area contributed by atoms with Crippen molar-refractivity contribution in [1.29, 1.82) is 0 Å². The average Bonchev–Trinajstić information content (AvgIpc) is 3.35. The molecule has 190 valence electrons. The Morgan fingerprint density at radius 2 is 0.972 bits per heavy atom. The van der Waals surface area contributed by atoms with Crippen LogP contribution in [0.5, 0.6) is 23.0 Å². The van der Waals surface area contributed by atoms with Gasteiger partial charge in [-0.05, 0) is 58.0 Å². The topological polar surface area (TPSA) is 125 Å². The van der Waals surface area contributed by atoms with Gasteiger partial charge in [0.1, 0.15) is 21.4 Å². The van der Waals surface area contributed by atoms with E-state index in [4.69, 9.17) is 30.4 Å². The molecular formula is C24H28N6O4S2. The van der Waals surface area contributed by atoms with Gasteiger partial charge in [-0.1, -0.05) is 0 Å². The summed E-state index contributed by atoms with van der Waals surface area (Å²) in [7, 11) is 13.2. The molecule has 0 atom stereocenters. The van der Waals surface area contributed by atoms with Crippen LogP contribution in [0.1, 0.15) is 0 Å². The SMILES string of the molecule is COc1ccc(-c2nc(N)n(C)c2SSc2c(-c3ccc(OC)c(OC)c3)nc(N)n2C)cc1OC. The van der Waals surface area contributed by atoms with Crippen LogP contribution in [0.2, 0.25) is 0 Å². The van der Waals surface area contributed by atoms with Crippen molar-refractivity contribution in [3.05, 3.63) is 36.4 Å². The normalized spacial score (nSPS) is 10.9. The highest BCUT2D eigenvalue weighted by molar-refractivity contribution is 8.76. The summed E-state index contributed by atoms with van der Waals surface area (Å²) in [4.78, 5) is 9.21. The molecule has 0 unspecified atom stereocenters. The van der Waals surface area contributed by atoms with Crippen molar-refractivity contribution in [2.24, 2.45) is 14.1 Å². The maximum Gasteiger partial charge on any atom is 0.201 e. The first kappa shape index (κ1) is 25.5. The molecule has 0 radical (unpaired) electrons. The monoisotopic (exact) mass is 528 g/mol. The van der Waals surface area contributed by atoms with Crippen LogP contribution in [0, 0.1) is 0 Å². The molecule has 2 aromatic carbocycles. The van der Waals surface area contributed by atoms with Crippen LogP contribution < -0.4 is 30.4 Å². The maximum absolute atomic E-state index is 6.20. The predicted octanol–water partition coefficient (Wildman–Crippen LogP) is 4.49. The highest BCUT2D eigenvalue weighted by Crippen LogP contribution is 2.47. The van der Waals surface area contributed by atoms with Gasteiger partial charge in [0.2, 0.25) is 11.9 Å². The van der Waals surface area contributed by atoms with Crippen LogP contribution in [0.3, 0.4) is 0 Å². The van der Waals surface area contributed by atoms with E-state index in [1.165, 1.54) is 21.6 Å². The number of imidazole rings is 2. The van der Waals surface area contributed by atoms with E-state index in [9.17, 15) is 0 Å². The number of aromatic nitrogens is 4. The standard InChI is InChI=1S/C24H28N6O4S2/c1-29-21(19(27-23(29)25)13-7-9-15(31-3)17(11-13)33-5)35-36-22-20(28-24(26)30(22)2)14-8-10-16(32-4)18(12-14)34-6/h7-12H,1-6H3,(H2,25,27)(H2,26,28). The number of anilines is 2. The molecule has 0 saturated carbocycles. The maximum atomic E-state index is 6.20. The Hall–Kier alpha value is -3.64. The lowest BCUT2D eigenvalue weighted by Crippen LogP contribution is -1.98. The molecule has 0 spiro atoms. The summed E-state index contributed by atoms with van der Waals surface area (Å²) in [5, 5.41) is 1.73. The zero-order valence-corrected chi connectivity index (χ0v) is 22.5. The Morgan fingerprint density at radius 3 is 1.31 bits per heavy atom. The van der Waals surface area contributed by atoms with Gasteiger partial charge in [0, 0.05) is 25.2 Å². The molecule has 0 aliphatic carbocycles. The number of nitrogens with zero attached hydrogens (tertiary/aromatic N) is 4. The minimum absolute atomic E-state index is 0.396. The molecule has 0 aliphatic heterocycles. The fraction of sp³-hybridized carbons (Fsp3) is 0.250. The second-order valence-corrected chi connectivity index (χ2v) is 9.78. The predicted molar refractivity (Wildman–Crippen MR) is 144 cm³/mol. The van der Waals surface area contributed by atoms with Crippen LogP contribution in [0.15, 0.2) is 46.5 Å². The summed E-state index contributed by atoms with van der Waals surface area (Å²) in [6.45, 7) is 0. The molecule has 0 bridgehead atoms. The van der Waals surface area contributed by atoms with Crippen LogP contribution in [-0.4, -0.2) is 47.5 Å². The average molecular weight is 529 g/mol. The Bertz CT molecular complexity index is 1300. The van der Waals surface area contributed by atoms with E-state index in [0.717, 1.165) is 32.6 Å². The number of nitrogens with two attached hydrogens (primary N) is 2. The van der Waals surface area contributed by atoms with E-state index in [-0.39, 0.29) is 0 Å². The van der Waals surface area contributed by atoms with Gasteiger partial charge in [0.05, 0.1) is 28.4 Å². The van der Waals surface area contributed by atoms with Gasteiger partial charge < -0.3 is 39.5 Å². The van der Waals surface area contributed by atoms with Crippen molar-refractivity contribution in [3.8, 4) is 45.5 Å². The van der Waals surface area contributed by atoms with Gasteiger partial charge in [-0.3, -0.25) is 0 Å². The summed E-state index contributed by atoms with van der Waals surface area (Å²) in [6.07, 6.45) is 0. The summed E-state index contributed by atoms with van der Waals surface area (Å²) in [6, 6.07) is 11.3. The molecule has 10 nitrogen and oxygen atoms in total. The molecule has 0 saturated heterocycles. The van der Waals surface area contributed by atoms with Gasteiger partial charge in [-0.2, -0.15) is 0 Å². The number of methoxy groups -OCH3 is 4. The van der Waals surface area contributed by atoms with Gasteiger partial charge in [0.25, 0.3) is 0 Å². The second kappa shape index (κ2) is 10.5. The van der Waals surface area contributed by atoms with Crippen LogP contribution in [0.4, 0.5) is 11.9 Å². The first-order chi connectivity index (χ1) is 17.3. The third-order valence-electron chi connectivity index (χ3n) is 5.67. The first-order valence-corrected chi connectivity index (χ1v) is 12.9. The quantitative estimate of drug-likeness (QED) is 0.300. The lowest BCUT2D eigenvalue weighted by Gasteiger charge is -2.11. The second-order valence-electron chi connectivity index (χ2n) is 7.67. The summed E-state index contributed by atoms with van der Waals surface area (Å²) < 4.78 is 25.4. The van der Waals surface area contributed by atoms with Crippen LogP contribution in [-0.2, 0) is 14.1 Å². The fourth-order valence-corrected chi connectivity index (χ4v) is 6.28. The molecule has 0 fully saturated rings. The van der Waals surface area contributed by atoms with Crippen molar-refractivity contribution >= 4 is 33.5 Å². The molecule has 0 amide bonds. The van der Waals surface area contributed by atoms with Gasteiger partial charge in [0.15, 0.2) is 23.0 Å². The van der Waals surface area contributed by atoms with Crippen molar-refractivity contribution in [2.45, 2.75) is 10.1 Å². The van der Waals surface area contributed by atoms with Gasteiger partial charge >= 0.3 is 0 Å². The molecule has 36 heavy (non-hydrogen) atoms. The Kier molecular flexibility index (Phi) is 7.45. The number of nitrogen functional groups attached to an aromatic ring is 2. The lowest BCUT2D eigenvalue weighted by atomic mass is 10.1. The summed E-state index contributed by atoms with van der Waals surface area (Å²) in [5.74, 6) is 3.29. The minimum atomic E-state index is 0.396. The highest BCUT2D eigenvalue weighted by Gasteiger charge is 2.22. The van der Waals surface area contributed by atoms with E-state index in [1.807, 2.05) is 59.6 Å². The smallest absolute Gasteiger partial charge is 0.201 e. The first-order valence-electron chi connectivity index (χ1n) is 10.8. The van der Waals surface area contributed by atoms with E-state index in [1.54, 1.807) is 28.4 Å².